The molecule has 1 aliphatic heterocycles. The Morgan fingerprint density at radius 1 is 0.448 bits per heavy atom. The topological polar surface area (TPSA) is 63.7 Å². The van der Waals surface area contributed by atoms with E-state index in [9.17, 15) is 0 Å². The zero-order chi connectivity index (χ0) is 38.4. The molecular weight excluding hydrogens is 709 g/mol. The number of benzene rings is 8. The SMILES string of the molecule is c1ccc(-c2ccc3c(c2)[nH]c2ccccc23)cc1.c1ccc2c(c1)OC1CC(c3nc(-c4ccc5ccccc5c4)nc(-c4ccc5ccccc5c4)n3)CCC21. The summed E-state index contributed by atoms with van der Waals surface area (Å²) in [5.41, 5.74) is 8.27. The zero-order valence-corrected chi connectivity index (χ0v) is 31.9. The summed E-state index contributed by atoms with van der Waals surface area (Å²) in [4.78, 5) is 18.7. The van der Waals surface area contributed by atoms with Crippen molar-refractivity contribution >= 4 is 43.4 Å². The predicted molar refractivity (Wildman–Crippen MR) is 237 cm³/mol. The summed E-state index contributed by atoms with van der Waals surface area (Å²) in [6.07, 6.45) is 3.20. The standard InChI is InChI=1S/C35H27N3O.C18H13N/c1-3-9-24-19-26(15-13-22(24)7-1)33-36-34(27-16-14-23-8-2-4-10-25(23)20-27)38-35(37-33)28-17-18-30-29-11-5-6-12-31(29)39-32(30)21-28;1-2-6-13(7-3-1)14-10-11-16-15-8-4-5-9-17(15)19-18(16)12-14/h1-16,19-20,28,30,32H,17-18,21H2;1-12,19H. The van der Waals surface area contributed by atoms with Crippen molar-refractivity contribution in [2.75, 3.05) is 0 Å². The molecule has 0 amide bonds. The van der Waals surface area contributed by atoms with Gasteiger partial charge in [-0.15, -0.1) is 0 Å². The van der Waals surface area contributed by atoms with Crippen LogP contribution in [0.3, 0.4) is 0 Å². The molecule has 10 aromatic rings. The number of aromatic amines is 1. The third-order valence-electron chi connectivity index (χ3n) is 12.0. The van der Waals surface area contributed by atoms with Gasteiger partial charge in [0.05, 0.1) is 0 Å². The Kier molecular flexibility index (Phi) is 8.50. The van der Waals surface area contributed by atoms with Crippen molar-refractivity contribution < 1.29 is 4.74 Å². The third-order valence-corrected chi connectivity index (χ3v) is 12.0. The van der Waals surface area contributed by atoms with E-state index >= 15 is 0 Å². The monoisotopic (exact) mass is 748 g/mol. The highest BCUT2D eigenvalue weighted by Gasteiger charge is 2.40. The van der Waals surface area contributed by atoms with Crippen LogP contribution in [-0.2, 0) is 0 Å². The molecule has 0 radical (unpaired) electrons. The van der Waals surface area contributed by atoms with E-state index in [1.165, 1.54) is 60.0 Å². The van der Waals surface area contributed by atoms with E-state index in [0.717, 1.165) is 53.6 Å². The van der Waals surface area contributed by atoms with Crippen LogP contribution in [0.1, 0.15) is 42.5 Å². The van der Waals surface area contributed by atoms with Crippen LogP contribution < -0.4 is 4.74 Å². The van der Waals surface area contributed by atoms with Crippen molar-refractivity contribution in [3.8, 4) is 39.7 Å². The Morgan fingerprint density at radius 2 is 1.05 bits per heavy atom. The summed E-state index contributed by atoms with van der Waals surface area (Å²) in [5.74, 6) is 4.05. The van der Waals surface area contributed by atoms with Crippen LogP contribution in [0.15, 0.2) is 182 Å². The quantitative estimate of drug-likeness (QED) is 0.195. The minimum Gasteiger partial charge on any atom is -0.489 e. The van der Waals surface area contributed by atoms with Crippen molar-refractivity contribution in [3.05, 3.63) is 193 Å². The van der Waals surface area contributed by atoms with Gasteiger partial charge in [0.1, 0.15) is 17.7 Å². The molecule has 3 heterocycles. The van der Waals surface area contributed by atoms with Gasteiger partial charge in [0.25, 0.3) is 0 Å². The maximum atomic E-state index is 6.42. The van der Waals surface area contributed by atoms with Crippen LogP contribution in [0.25, 0.3) is 77.3 Å². The lowest BCUT2D eigenvalue weighted by atomic mass is 9.77. The van der Waals surface area contributed by atoms with E-state index in [2.05, 4.69) is 181 Å². The number of fused-ring (bicyclic) bond motifs is 8. The van der Waals surface area contributed by atoms with Gasteiger partial charge in [-0.2, -0.15) is 0 Å². The summed E-state index contributed by atoms with van der Waals surface area (Å²) in [6, 6.07) is 63.8. The van der Waals surface area contributed by atoms with E-state index in [4.69, 9.17) is 19.7 Å². The lowest BCUT2D eigenvalue weighted by Crippen LogP contribution is -2.28. The van der Waals surface area contributed by atoms with Crippen LogP contribution in [-0.4, -0.2) is 26.0 Å². The average Bonchev–Trinajstić information content (AvgIpc) is 3.87. The first-order chi connectivity index (χ1) is 28.7. The first kappa shape index (κ1) is 34.2. The van der Waals surface area contributed by atoms with Gasteiger partial charge >= 0.3 is 0 Å². The second-order valence-electron chi connectivity index (χ2n) is 15.6. The van der Waals surface area contributed by atoms with E-state index in [0.29, 0.717) is 5.92 Å². The van der Waals surface area contributed by atoms with E-state index in [1.807, 2.05) is 6.07 Å². The summed E-state index contributed by atoms with van der Waals surface area (Å²) in [6.45, 7) is 0. The van der Waals surface area contributed by atoms with Crippen molar-refractivity contribution in [1.29, 1.82) is 0 Å². The zero-order valence-electron chi connectivity index (χ0n) is 31.9. The van der Waals surface area contributed by atoms with E-state index < -0.39 is 0 Å². The molecule has 5 nitrogen and oxygen atoms in total. The lowest BCUT2D eigenvalue weighted by Gasteiger charge is -2.30. The number of rotatable bonds is 4. The normalized spacial score (nSPS) is 17.1. The van der Waals surface area contributed by atoms with Crippen molar-refractivity contribution in [2.45, 2.75) is 37.2 Å². The largest absolute Gasteiger partial charge is 0.489 e. The molecule has 1 aliphatic carbocycles. The second kappa shape index (κ2) is 14.4. The predicted octanol–water partition coefficient (Wildman–Crippen LogP) is 13.3. The molecule has 12 rings (SSSR count). The molecule has 3 atom stereocenters. The van der Waals surface area contributed by atoms with Gasteiger partial charge in [0.15, 0.2) is 11.6 Å². The maximum Gasteiger partial charge on any atom is 0.163 e. The molecule has 58 heavy (non-hydrogen) atoms. The molecule has 0 saturated heterocycles. The Balaban J connectivity index is 0.000000169. The highest BCUT2D eigenvalue weighted by molar-refractivity contribution is 6.08. The molecule has 8 aromatic carbocycles. The summed E-state index contributed by atoms with van der Waals surface area (Å²) in [5, 5.41) is 7.36. The van der Waals surface area contributed by atoms with Crippen LogP contribution >= 0.6 is 0 Å². The molecule has 5 heteroatoms. The summed E-state index contributed by atoms with van der Waals surface area (Å²) >= 11 is 0. The Hall–Kier alpha value is -7.11. The van der Waals surface area contributed by atoms with Gasteiger partial charge in [-0.1, -0.05) is 152 Å². The molecule has 3 unspecified atom stereocenters. The van der Waals surface area contributed by atoms with Crippen LogP contribution in [0.2, 0.25) is 0 Å². The van der Waals surface area contributed by atoms with Gasteiger partial charge in [-0.05, 0) is 82.3 Å². The van der Waals surface area contributed by atoms with Crippen LogP contribution in [0.4, 0.5) is 0 Å². The number of hydrogen-bond donors (Lipinski definition) is 1. The number of nitrogens with zero attached hydrogens (tertiary/aromatic N) is 3. The van der Waals surface area contributed by atoms with Gasteiger partial charge in [0, 0.05) is 50.3 Å². The fourth-order valence-corrected chi connectivity index (χ4v) is 9.06. The number of aromatic nitrogens is 4. The van der Waals surface area contributed by atoms with Gasteiger partial charge in [-0.25, -0.2) is 15.0 Å². The molecule has 0 spiro atoms. The molecular formula is C53H40N4O. The highest BCUT2D eigenvalue weighted by atomic mass is 16.5. The van der Waals surface area contributed by atoms with Crippen LogP contribution in [0, 0.1) is 0 Å². The summed E-state index contributed by atoms with van der Waals surface area (Å²) in [7, 11) is 0. The molecule has 2 aliphatic rings. The minimum absolute atomic E-state index is 0.172. The van der Waals surface area contributed by atoms with E-state index in [-0.39, 0.29) is 12.0 Å². The molecule has 0 bridgehead atoms. The Labute approximate surface area is 337 Å². The molecule has 1 fully saturated rings. The number of H-pyrrole nitrogens is 1. The van der Waals surface area contributed by atoms with Crippen molar-refractivity contribution in [3.63, 3.8) is 0 Å². The van der Waals surface area contributed by atoms with E-state index in [1.54, 1.807) is 0 Å². The van der Waals surface area contributed by atoms with Gasteiger partial charge in [-0.3, -0.25) is 0 Å². The molecule has 1 N–H and O–H groups in total. The number of ether oxygens (including phenoxy) is 1. The lowest BCUT2D eigenvalue weighted by molar-refractivity contribution is 0.149. The number of para-hydroxylation sites is 2. The molecule has 1 saturated carbocycles. The molecule has 278 valence electrons. The summed E-state index contributed by atoms with van der Waals surface area (Å²) < 4.78 is 6.42. The Bertz CT molecular complexity index is 3020. The van der Waals surface area contributed by atoms with Crippen molar-refractivity contribution in [2.24, 2.45) is 0 Å². The number of nitrogens with one attached hydrogen (secondary N) is 1. The first-order valence-corrected chi connectivity index (χ1v) is 20.3. The van der Waals surface area contributed by atoms with Crippen LogP contribution in [0.5, 0.6) is 5.75 Å². The first-order valence-electron chi connectivity index (χ1n) is 20.3. The highest BCUT2D eigenvalue weighted by Crippen LogP contribution is 2.49. The second-order valence-corrected chi connectivity index (χ2v) is 15.6. The molecule has 2 aromatic heterocycles. The van der Waals surface area contributed by atoms with Gasteiger partial charge < -0.3 is 9.72 Å². The minimum atomic E-state index is 0.172. The smallest absolute Gasteiger partial charge is 0.163 e. The fraction of sp³-hybridized carbons (Fsp3) is 0.113. The fourth-order valence-electron chi connectivity index (χ4n) is 9.06. The van der Waals surface area contributed by atoms with Crippen molar-refractivity contribution in [1.82, 2.24) is 19.9 Å². The Morgan fingerprint density at radius 3 is 1.79 bits per heavy atom. The number of hydrogen-bond acceptors (Lipinski definition) is 4. The maximum absolute atomic E-state index is 6.42. The van der Waals surface area contributed by atoms with Gasteiger partial charge in [0.2, 0.25) is 0 Å². The average molecular weight is 749 g/mol. The third kappa shape index (κ3) is 6.35.